The third-order valence-corrected chi connectivity index (χ3v) is 4.59. The van der Waals surface area contributed by atoms with E-state index in [4.69, 9.17) is 24.7 Å². The fourth-order valence-corrected chi connectivity index (χ4v) is 3.09. The van der Waals surface area contributed by atoms with Gasteiger partial charge in [-0.25, -0.2) is 9.59 Å². The number of nitrogens with two attached hydrogens (primary N) is 1. The van der Waals surface area contributed by atoms with Gasteiger partial charge in [-0.05, 0) is 77.1 Å². The number of hydrogen-bond acceptors (Lipinski definition) is 9. The summed E-state index contributed by atoms with van der Waals surface area (Å²) in [6.07, 6.45) is -0.825. The molecular formula is C26H32N3O8-. The van der Waals surface area contributed by atoms with Crippen molar-refractivity contribution >= 4 is 29.6 Å². The van der Waals surface area contributed by atoms with Crippen molar-refractivity contribution in [3.63, 3.8) is 0 Å². The summed E-state index contributed by atoms with van der Waals surface area (Å²) < 4.78 is 21.0. The average Bonchev–Trinajstić information content (AvgIpc) is 2.81. The van der Waals surface area contributed by atoms with Crippen LogP contribution in [0.15, 0.2) is 47.5 Å². The molecule has 1 atom stereocenters. The van der Waals surface area contributed by atoms with Gasteiger partial charge in [0, 0.05) is 16.8 Å². The molecular weight excluding hydrogens is 482 g/mol. The normalized spacial score (nSPS) is 12.3. The van der Waals surface area contributed by atoms with E-state index in [1.54, 1.807) is 65.0 Å². The molecule has 2 rings (SSSR count). The van der Waals surface area contributed by atoms with Gasteiger partial charge in [-0.3, -0.25) is 0 Å². The summed E-state index contributed by atoms with van der Waals surface area (Å²) in [5, 5.41) is 15.0. The number of carboxylic acid groups (broad SMARTS) is 1. The van der Waals surface area contributed by atoms with E-state index in [1.807, 2.05) is 0 Å². The Balaban J connectivity index is 2.29. The molecule has 3 N–H and O–H groups in total. The molecule has 37 heavy (non-hydrogen) atoms. The first-order chi connectivity index (χ1) is 17.4. The molecule has 0 bridgehead atoms. The Labute approximate surface area is 215 Å². The highest BCUT2D eigenvalue weighted by Gasteiger charge is 2.21. The molecule has 1 unspecified atom stereocenters. The van der Waals surface area contributed by atoms with Gasteiger partial charge in [0.2, 0.25) is 0 Å². The predicted molar refractivity (Wildman–Crippen MR) is 135 cm³/mol. The smallest absolute Gasteiger partial charge is 0.436 e. The van der Waals surface area contributed by atoms with Crippen LogP contribution in [0.3, 0.4) is 0 Å². The lowest BCUT2D eigenvalue weighted by Crippen LogP contribution is -2.34. The van der Waals surface area contributed by atoms with E-state index in [9.17, 15) is 19.5 Å². The number of ether oxygens (including phenoxy) is 4. The van der Waals surface area contributed by atoms with Gasteiger partial charge in [0.25, 0.3) is 0 Å². The molecule has 11 heteroatoms. The fraction of sp³-hybridized carbons (Fsp3) is 0.385. The fourth-order valence-electron chi connectivity index (χ4n) is 3.09. The van der Waals surface area contributed by atoms with Crippen molar-refractivity contribution in [3.8, 4) is 11.5 Å². The standard InChI is InChI=1S/C26H33N3O8/c1-6-34-18-12-13-20(36-15-21(30)35-7-2)19(14-18)22(24(31)32)28-17-10-8-16(9-11-17)23(27)29-25(33)37-26(3,4)5/h8-14,22,28H,6-7,15H2,1-5H3,(H,31,32)(H2,27,29,33)/p-1. The molecule has 11 nitrogen and oxygen atoms in total. The van der Waals surface area contributed by atoms with Crippen LogP contribution in [0, 0.1) is 0 Å². The van der Waals surface area contributed by atoms with Crippen LogP contribution in [0.5, 0.6) is 11.5 Å². The highest BCUT2D eigenvalue weighted by atomic mass is 16.6. The number of aliphatic carboxylic acids is 1. The SMILES string of the molecule is CCOC(=O)COc1ccc(OCC)cc1C(Nc1ccc(/C(N)=N\C(=O)OC(C)(C)C)cc1)C(=O)[O-]. The van der Waals surface area contributed by atoms with Crippen LogP contribution < -0.4 is 25.6 Å². The number of nitrogens with zero attached hydrogens (tertiary/aromatic N) is 1. The number of esters is 1. The van der Waals surface area contributed by atoms with E-state index in [0.717, 1.165) is 0 Å². The van der Waals surface area contributed by atoms with Crippen LogP contribution in [-0.2, 0) is 19.1 Å². The van der Waals surface area contributed by atoms with Crippen LogP contribution >= 0.6 is 0 Å². The number of hydrogen-bond donors (Lipinski definition) is 2. The minimum absolute atomic E-state index is 0.0590. The quantitative estimate of drug-likeness (QED) is 0.259. The minimum atomic E-state index is -1.44. The monoisotopic (exact) mass is 514 g/mol. The Morgan fingerprint density at radius 1 is 1.03 bits per heavy atom. The maximum Gasteiger partial charge on any atom is 0.436 e. The van der Waals surface area contributed by atoms with Crippen LogP contribution in [-0.4, -0.2) is 49.3 Å². The van der Waals surface area contributed by atoms with Crippen molar-refractivity contribution in [1.82, 2.24) is 0 Å². The molecule has 0 aliphatic carbocycles. The van der Waals surface area contributed by atoms with Crippen LogP contribution in [0.2, 0.25) is 0 Å². The van der Waals surface area contributed by atoms with Gasteiger partial charge in [-0.15, -0.1) is 0 Å². The number of aliphatic imine (C=N–C) groups is 1. The molecule has 0 aliphatic rings. The zero-order chi connectivity index (χ0) is 27.6. The highest BCUT2D eigenvalue weighted by Crippen LogP contribution is 2.32. The first-order valence-corrected chi connectivity index (χ1v) is 11.6. The molecule has 2 aromatic carbocycles. The Morgan fingerprint density at radius 2 is 1.70 bits per heavy atom. The van der Waals surface area contributed by atoms with E-state index in [2.05, 4.69) is 10.3 Å². The Morgan fingerprint density at radius 3 is 2.27 bits per heavy atom. The first kappa shape index (κ1) is 29.0. The van der Waals surface area contributed by atoms with Gasteiger partial charge in [-0.1, -0.05) is 0 Å². The van der Waals surface area contributed by atoms with Crippen LogP contribution in [0.4, 0.5) is 10.5 Å². The average molecular weight is 515 g/mol. The second-order valence-electron chi connectivity index (χ2n) is 8.68. The summed E-state index contributed by atoms with van der Waals surface area (Å²) in [6, 6.07) is 9.49. The number of carbonyl (C=O) groups is 3. The van der Waals surface area contributed by atoms with Crippen LogP contribution in [0.1, 0.15) is 51.8 Å². The van der Waals surface area contributed by atoms with Gasteiger partial charge in [0.05, 0.1) is 25.2 Å². The lowest BCUT2D eigenvalue weighted by atomic mass is 10.0. The van der Waals surface area contributed by atoms with Crippen molar-refractivity contribution in [2.24, 2.45) is 10.7 Å². The first-order valence-electron chi connectivity index (χ1n) is 11.6. The topological polar surface area (TPSA) is 162 Å². The second kappa shape index (κ2) is 13.1. The molecule has 1 amide bonds. The number of carbonyl (C=O) groups excluding carboxylic acids is 3. The van der Waals surface area contributed by atoms with E-state index >= 15 is 0 Å². The molecule has 0 aliphatic heterocycles. The molecule has 0 aromatic heterocycles. The summed E-state index contributed by atoms with van der Waals surface area (Å²) in [5.41, 5.74) is 6.21. The highest BCUT2D eigenvalue weighted by molar-refractivity contribution is 6.03. The Kier molecular flexibility index (Phi) is 10.3. The predicted octanol–water partition coefficient (Wildman–Crippen LogP) is 2.57. The summed E-state index contributed by atoms with van der Waals surface area (Å²) in [5.74, 6) is -1.54. The molecule has 0 fully saturated rings. The maximum absolute atomic E-state index is 12.1. The zero-order valence-electron chi connectivity index (χ0n) is 21.5. The number of carboxylic acids is 1. The van der Waals surface area contributed by atoms with Gasteiger partial charge in [0.1, 0.15) is 22.9 Å². The molecule has 0 heterocycles. The van der Waals surface area contributed by atoms with E-state index in [1.165, 1.54) is 12.1 Å². The van der Waals surface area contributed by atoms with E-state index < -0.39 is 36.3 Å². The number of benzene rings is 2. The molecule has 0 saturated heterocycles. The summed E-state index contributed by atoms with van der Waals surface area (Å²) in [4.78, 5) is 39.5. The van der Waals surface area contributed by atoms with Gasteiger partial charge in [-0.2, -0.15) is 4.99 Å². The number of amides is 1. The largest absolute Gasteiger partial charge is 0.548 e. The summed E-state index contributed by atoms with van der Waals surface area (Å²) in [6.45, 7) is 8.73. The van der Waals surface area contributed by atoms with Crippen LogP contribution in [0.25, 0.3) is 0 Å². The second-order valence-corrected chi connectivity index (χ2v) is 8.68. The molecule has 0 saturated carbocycles. The Hall–Kier alpha value is -4.28. The molecule has 200 valence electrons. The Bertz CT molecular complexity index is 1120. The molecule has 0 spiro atoms. The maximum atomic E-state index is 12.1. The summed E-state index contributed by atoms with van der Waals surface area (Å²) >= 11 is 0. The number of nitrogens with one attached hydrogen (secondary N) is 1. The third-order valence-electron chi connectivity index (χ3n) is 4.59. The number of amidine groups is 1. The van der Waals surface area contributed by atoms with Gasteiger partial charge in [0.15, 0.2) is 6.61 Å². The lowest BCUT2D eigenvalue weighted by Gasteiger charge is -2.24. The molecule has 2 aromatic rings. The number of anilines is 1. The van der Waals surface area contributed by atoms with Gasteiger partial charge < -0.3 is 39.9 Å². The minimum Gasteiger partial charge on any atom is -0.548 e. The lowest BCUT2D eigenvalue weighted by molar-refractivity contribution is -0.307. The van der Waals surface area contributed by atoms with Gasteiger partial charge >= 0.3 is 12.1 Å². The van der Waals surface area contributed by atoms with Crippen molar-refractivity contribution in [3.05, 3.63) is 53.6 Å². The van der Waals surface area contributed by atoms with Crippen molar-refractivity contribution in [2.75, 3.05) is 25.1 Å². The summed E-state index contributed by atoms with van der Waals surface area (Å²) in [7, 11) is 0. The molecule has 0 radical (unpaired) electrons. The van der Waals surface area contributed by atoms with E-state index in [0.29, 0.717) is 23.6 Å². The van der Waals surface area contributed by atoms with Crippen molar-refractivity contribution < 1.29 is 38.4 Å². The van der Waals surface area contributed by atoms with E-state index in [-0.39, 0.29) is 23.8 Å². The number of rotatable bonds is 11. The zero-order valence-corrected chi connectivity index (χ0v) is 21.5. The van der Waals surface area contributed by atoms with Crippen molar-refractivity contribution in [1.29, 1.82) is 0 Å². The third kappa shape index (κ3) is 9.36. The van der Waals surface area contributed by atoms with Crippen molar-refractivity contribution in [2.45, 2.75) is 46.3 Å².